The van der Waals surface area contributed by atoms with Crippen LogP contribution in [0.2, 0.25) is 0 Å². The molecule has 0 bridgehead atoms. The van der Waals surface area contributed by atoms with Crippen molar-refractivity contribution in [2.75, 3.05) is 31.1 Å². The fourth-order valence-corrected chi connectivity index (χ4v) is 3.46. The van der Waals surface area contributed by atoms with E-state index in [9.17, 15) is 4.79 Å². The topological polar surface area (TPSA) is 80.0 Å². The molecule has 8 nitrogen and oxygen atoms in total. The minimum Gasteiger partial charge on any atom is -0.341 e. The van der Waals surface area contributed by atoms with Gasteiger partial charge in [0.05, 0.1) is 6.04 Å². The summed E-state index contributed by atoms with van der Waals surface area (Å²) in [6.07, 6.45) is 9.23. The molecule has 2 aliphatic rings. The Morgan fingerprint density at radius 1 is 1.17 bits per heavy atom. The normalized spacial score (nSPS) is 21.2. The Kier molecular flexibility index (Phi) is 4.10. The number of carbonyl (C=O) groups excluding carboxylic acids is 1. The highest BCUT2D eigenvalue weighted by molar-refractivity contribution is 5.92. The molecule has 4 rings (SSSR count). The van der Waals surface area contributed by atoms with E-state index in [4.69, 9.17) is 0 Å². The van der Waals surface area contributed by atoms with Crippen molar-refractivity contribution in [1.82, 2.24) is 29.6 Å². The molecule has 0 aliphatic carbocycles. The Hall–Kier alpha value is -2.51. The van der Waals surface area contributed by atoms with Crippen molar-refractivity contribution in [3.8, 4) is 0 Å². The van der Waals surface area contributed by atoms with E-state index in [0.717, 1.165) is 45.3 Å². The molecule has 2 aliphatic heterocycles. The van der Waals surface area contributed by atoms with Crippen LogP contribution in [0.3, 0.4) is 0 Å². The standard InChI is InChI=1S/C16H21N7O/c24-15(14-5-6-18-16(20-14)21-7-1-2-8-21)22-9-3-4-13(10-22)23-12-17-11-19-23/h5-6,11-13H,1-4,7-10H2. The van der Waals surface area contributed by atoms with E-state index in [2.05, 4.69) is 25.0 Å². The molecular formula is C16H21N7O. The van der Waals surface area contributed by atoms with Crippen LogP contribution >= 0.6 is 0 Å². The largest absolute Gasteiger partial charge is 0.341 e. The van der Waals surface area contributed by atoms with Gasteiger partial charge in [-0.1, -0.05) is 0 Å². The van der Waals surface area contributed by atoms with Gasteiger partial charge >= 0.3 is 0 Å². The van der Waals surface area contributed by atoms with Gasteiger partial charge in [-0.3, -0.25) is 4.79 Å². The van der Waals surface area contributed by atoms with Crippen LogP contribution < -0.4 is 4.90 Å². The summed E-state index contributed by atoms with van der Waals surface area (Å²) in [4.78, 5) is 29.7. The van der Waals surface area contributed by atoms with Gasteiger partial charge in [0.15, 0.2) is 0 Å². The van der Waals surface area contributed by atoms with Crippen LogP contribution in [0.15, 0.2) is 24.9 Å². The van der Waals surface area contributed by atoms with Gasteiger partial charge in [-0.25, -0.2) is 19.6 Å². The molecule has 0 spiro atoms. The Morgan fingerprint density at radius 3 is 2.83 bits per heavy atom. The number of nitrogens with zero attached hydrogens (tertiary/aromatic N) is 7. The van der Waals surface area contributed by atoms with E-state index < -0.39 is 0 Å². The molecule has 2 fully saturated rings. The summed E-state index contributed by atoms with van der Waals surface area (Å²) < 4.78 is 1.84. The molecule has 0 N–H and O–H groups in total. The maximum atomic E-state index is 12.9. The minimum absolute atomic E-state index is 0.0253. The molecule has 8 heteroatoms. The van der Waals surface area contributed by atoms with E-state index in [0.29, 0.717) is 18.2 Å². The average molecular weight is 327 g/mol. The number of rotatable bonds is 3. The predicted octanol–water partition coefficient (Wildman–Crippen LogP) is 1.15. The number of hydrogen-bond donors (Lipinski definition) is 0. The van der Waals surface area contributed by atoms with E-state index in [1.807, 2.05) is 9.58 Å². The van der Waals surface area contributed by atoms with E-state index in [1.165, 1.54) is 6.33 Å². The highest BCUT2D eigenvalue weighted by Crippen LogP contribution is 2.22. The number of anilines is 1. The molecule has 4 heterocycles. The highest BCUT2D eigenvalue weighted by Gasteiger charge is 2.27. The van der Waals surface area contributed by atoms with Gasteiger partial charge in [-0.15, -0.1) is 0 Å². The summed E-state index contributed by atoms with van der Waals surface area (Å²) in [5.74, 6) is 0.644. The Bertz CT molecular complexity index is 696. The first kappa shape index (κ1) is 15.0. The van der Waals surface area contributed by atoms with Crippen LogP contribution in [0.5, 0.6) is 0 Å². The SMILES string of the molecule is O=C(c1ccnc(N2CCCC2)n1)N1CCCC(n2cncn2)C1. The summed E-state index contributed by atoms with van der Waals surface area (Å²) in [5.41, 5.74) is 0.478. The summed E-state index contributed by atoms with van der Waals surface area (Å²) in [6.45, 7) is 3.34. The number of piperidine rings is 1. The summed E-state index contributed by atoms with van der Waals surface area (Å²) in [5, 5.41) is 4.21. The zero-order chi connectivity index (χ0) is 16.4. The van der Waals surface area contributed by atoms with Crippen LogP contribution in [-0.4, -0.2) is 61.7 Å². The predicted molar refractivity (Wildman–Crippen MR) is 87.7 cm³/mol. The van der Waals surface area contributed by atoms with E-state index in [1.54, 1.807) is 18.6 Å². The Labute approximate surface area is 140 Å². The minimum atomic E-state index is -0.0253. The molecule has 1 unspecified atom stereocenters. The molecule has 24 heavy (non-hydrogen) atoms. The first-order chi connectivity index (χ1) is 11.8. The fraction of sp³-hybridized carbons (Fsp3) is 0.562. The molecule has 2 saturated heterocycles. The molecule has 1 amide bonds. The first-order valence-electron chi connectivity index (χ1n) is 8.52. The third-order valence-corrected chi connectivity index (χ3v) is 4.75. The van der Waals surface area contributed by atoms with Crippen molar-refractivity contribution in [2.24, 2.45) is 0 Å². The van der Waals surface area contributed by atoms with Gasteiger partial charge in [0.1, 0.15) is 18.3 Å². The van der Waals surface area contributed by atoms with Crippen molar-refractivity contribution in [3.05, 3.63) is 30.6 Å². The molecule has 0 saturated carbocycles. The van der Waals surface area contributed by atoms with Gasteiger partial charge in [0, 0.05) is 32.4 Å². The zero-order valence-electron chi connectivity index (χ0n) is 13.6. The smallest absolute Gasteiger partial charge is 0.272 e. The Morgan fingerprint density at radius 2 is 2.04 bits per heavy atom. The lowest BCUT2D eigenvalue weighted by Gasteiger charge is -2.32. The van der Waals surface area contributed by atoms with Crippen molar-refractivity contribution < 1.29 is 4.79 Å². The fourth-order valence-electron chi connectivity index (χ4n) is 3.46. The van der Waals surface area contributed by atoms with Crippen LogP contribution in [0.1, 0.15) is 42.2 Å². The van der Waals surface area contributed by atoms with Gasteiger partial charge in [0.2, 0.25) is 5.95 Å². The second-order valence-electron chi connectivity index (χ2n) is 6.36. The number of carbonyl (C=O) groups is 1. The van der Waals surface area contributed by atoms with Gasteiger partial charge < -0.3 is 9.80 Å². The summed E-state index contributed by atoms with van der Waals surface area (Å²) >= 11 is 0. The third kappa shape index (κ3) is 2.95. The molecule has 0 radical (unpaired) electrons. The molecule has 0 aromatic carbocycles. The molecule has 126 valence electrons. The van der Waals surface area contributed by atoms with Crippen LogP contribution in [-0.2, 0) is 0 Å². The molecule has 2 aromatic rings. The molecular weight excluding hydrogens is 306 g/mol. The lowest BCUT2D eigenvalue weighted by Crippen LogP contribution is -2.41. The maximum Gasteiger partial charge on any atom is 0.272 e. The summed E-state index contributed by atoms with van der Waals surface area (Å²) in [7, 11) is 0. The van der Waals surface area contributed by atoms with Gasteiger partial charge in [-0.05, 0) is 31.7 Å². The first-order valence-corrected chi connectivity index (χ1v) is 8.52. The van der Waals surface area contributed by atoms with E-state index >= 15 is 0 Å². The number of aromatic nitrogens is 5. The van der Waals surface area contributed by atoms with Crippen molar-refractivity contribution in [2.45, 2.75) is 31.7 Å². The number of likely N-dealkylation sites (tertiary alicyclic amines) is 1. The number of amides is 1. The molecule has 1 atom stereocenters. The average Bonchev–Trinajstić information content (AvgIpc) is 3.35. The van der Waals surface area contributed by atoms with E-state index in [-0.39, 0.29) is 11.9 Å². The lowest BCUT2D eigenvalue weighted by molar-refractivity contribution is 0.0666. The number of hydrogen-bond acceptors (Lipinski definition) is 6. The van der Waals surface area contributed by atoms with Crippen LogP contribution in [0, 0.1) is 0 Å². The van der Waals surface area contributed by atoms with Gasteiger partial charge in [0.25, 0.3) is 5.91 Å². The Balaban J connectivity index is 1.49. The van der Waals surface area contributed by atoms with Crippen LogP contribution in [0.4, 0.5) is 5.95 Å². The maximum absolute atomic E-state index is 12.9. The monoisotopic (exact) mass is 327 g/mol. The highest BCUT2D eigenvalue weighted by atomic mass is 16.2. The van der Waals surface area contributed by atoms with Crippen LogP contribution in [0.25, 0.3) is 0 Å². The second kappa shape index (κ2) is 6.54. The van der Waals surface area contributed by atoms with Gasteiger partial charge in [-0.2, -0.15) is 5.10 Å². The quantitative estimate of drug-likeness (QED) is 0.841. The lowest BCUT2D eigenvalue weighted by atomic mass is 10.1. The molecule has 2 aromatic heterocycles. The second-order valence-corrected chi connectivity index (χ2v) is 6.36. The zero-order valence-corrected chi connectivity index (χ0v) is 13.6. The van der Waals surface area contributed by atoms with Crippen molar-refractivity contribution in [3.63, 3.8) is 0 Å². The van der Waals surface area contributed by atoms with Crippen molar-refractivity contribution >= 4 is 11.9 Å². The van der Waals surface area contributed by atoms with Crippen molar-refractivity contribution in [1.29, 1.82) is 0 Å². The summed E-state index contributed by atoms with van der Waals surface area (Å²) in [6, 6.07) is 1.89. The third-order valence-electron chi connectivity index (χ3n) is 4.75.